The van der Waals surface area contributed by atoms with E-state index < -0.39 is 6.36 Å². The Bertz CT molecular complexity index is 627. The summed E-state index contributed by atoms with van der Waals surface area (Å²) >= 11 is 0. The lowest BCUT2D eigenvalue weighted by Crippen LogP contribution is -2.19. The molecule has 0 N–H and O–H groups in total. The first-order valence-corrected chi connectivity index (χ1v) is 9.60. The van der Waals surface area contributed by atoms with Crippen molar-refractivity contribution in [2.75, 3.05) is 6.61 Å². The molecule has 1 aromatic rings. The topological polar surface area (TPSA) is 18.5 Å². The van der Waals surface area contributed by atoms with Crippen LogP contribution in [0.4, 0.5) is 13.2 Å². The number of allylic oxidation sites excluding steroid dienone is 2. The number of halogens is 3. The molecular formula is C21H27F3O2. The van der Waals surface area contributed by atoms with E-state index in [1.165, 1.54) is 38.5 Å². The van der Waals surface area contributed by atoms with Crippen LogP contribution < -0.4 is 9.47 Å². The molecule has 0 aromatic heterocycles. The summed E-state index contributed by atoms with van der Waals surface area (Å²) in [7, 11) is 0. The smallest absolute Gasteiger partial charge is 0.490 e. The van der Waals surface area contributed by atoms with Crippen LogP contribution in [0.2, 0.25) is 0 Å². The lowest BCUT2D eigenvalue weighted by molar-refractivity contribution is -0.275. The fourth-order valence-corrected chi connectivity index (χ4v) is 3.56. The maximum atomic E-state index is 12.9. The standard InChI is InChI=1S/C21H27F3O2/c1-15-18(8-4-7-16-5-2-3-6-16)11-12-19(20(15)26-21(22,23)24)25-14-13-17-9-10-17/h4,7,11-12,16-17H,2-3,5-6,8-10,13-14H2,1H3/b7-4+. The van der Waals surface area contributed by atoms with Crippen LogP contribution >= 0.6 is 0 Å². The molecule has 2 nitrogen and oxygen atoms in total. The van der Waals surface area contributed by atoms with E-state index in [0.29, 0.717) is 30.4 Å². The molecule has 5 heteroatoms. The molecule has 0 amide bonds. The first-order chi connectivity index (χ1) is 12.4. The molecule has 0 saturated heterocycles. The van der Waals surface area contributed by atoms with Gasteiger partial charge in [-0.2, -0.15) is 0 Å². The Balaban J connectivity index is 1.70. The minimum absolute atomic E-state index is 0.184. The van der Waals surface area contributed by atoms with Gasteiger partial charge in [-0.3, -0.25) is 0 Å². The number of rotatable bonds is 8. The molecule has 144 valence electrons. The van der Waals surface area contributed by atoms with Gasteiger partial charge in [0.2, 0.25) is 0 Å². The van der Waals surface area contributed by atoms with Crippen LogP contribution in [0.25, 0.3) is 0 Å². The number of alkyl halides is 3. The summed E-state index contributed by atoms with van der Waals surface area (Å²) in [5.74, 6) is 1.28. The van der Waals surface area contributed by atoms with Gasteiger partial charge in [-0.05, 0) is 61.6 Å². The summed E-state index contributed by atoms with van der Waals surface area (Å²) in [6, 6.07) is 3.46. The number of ether oxygens (including phenoxy) is 2. The van der Waals surface area contributed by atoms with E-state index in [2.05, 4.69) is 16.9 Å². The van der Waals surface area contributed by atoms with Gasteiger partial charge < -0.3 is 9.47 Å². The molecular weight excluding hydrogens is 341 g/mol. The highest BCUT2D eigenvalue weighted by Gasteiger charge is 2.34. The molecule has 1 aromatic carbocycles. The summed E-state index contributed by atoms with van der Waals surface area (Å²) in [6.07, 6.45) is 8.40. The van der Waals surface area contributed by atoms with Crippen LogP contribution in [0.1, 0.15) is 56.1 Å². The normalized spacial score (nSPS) is 18.6. The van der Waals surface area contributed by atoms with Crippen molar-refractivity contribution in [2.45, 2.75) is 64.7 Å². The molecule has 2 aliphatic carbocycles. The second-order valence-electron chi connectivity index (χ2n) is 7.48. The monoisotopic (exact) mass is 368 g/mol. The Morgan fingerprint density at radius 3 is 2.50 bits per heavy atom. The zero-order valence-corrected chi connectivity index (χ0v) is 15.3. The van der Waals surface area contributed by atoms with Crippen LogP contribution in [-0.4, -0.2) is 13.0 Å². The average Bonchev–Trinajstić information content (AvgIpc) is 3.25. The van der Waals surface area contributed by atoms with Gasteiger partial charge in [0.1, 0.15) is 0 Å². The Hall–Kier alpha value is -1.65. The van der Waals surface area contributed by atoms with Crippen molar-refractivity contribution in [2.24, 2.45) is 11.8 Å². The Morgan fingerprint density at radius 1 is 1.12 bits per heavy atom. The molecule has 2 fully saturated rings. The third-order valence-corrected chi connectivity index (χ3v) is 5.33. The third-order valence-electron chi connectivity index (χ3n) is 5.33. The van der Waals surface area contributed by atoms with Crippen LogP contribution in [0.3, 0.4) is 0 Å². The van der Waals surface area contributed by atoms with E-state index >= 15 is 0 Å². The maximum Gasteiger partial charge on any atom is 0.573 e. The van der Waals surface area contributed by atoms with Gasteiger partial charge in [-0.15, -0.1) is 13.2 Å². The van der Waals surface area contributed by atoms with Crippen molar-refractivity contribution < 1.29 is 22.6 Å². The van der Waals surface area contributed by atoms with Crippen LogP contribution in [0.15, 0.2) is 24.3 Å². The van der Waals surface area contributed by atoms with Crippen molar-refractivity contribution in [1.29, 1.82) is 0 Å². The van der Waals surface area contributed by atoms with Crippen LogP contribution in [0.5, 0.6) is 11.5 Å². The summed E-state index contributed by atoms with van der Waals surface area (Å²) in [6.45, 7) is 2.10. The van der Waals surface area contributed by atoms with Crippen molar-refractivity contribution in [3.8, 4) is 11.5 Å². The molecule has 2 aliphatic rings. The summed E-state index contributed by atoms with van der Waals surface area (Å²) in [5.41, 5.74) is 1.34. The lowest BCUT2D eigenvalue weighted by Gasteiger charge is -2.18. The SMILES string of the molecule is Cc1c(C/C=C/C2CCCC2)ccc(OCCC2CC2)c1OC(F)(F)F. The van der Waals surface area contributed by atoms with Crippen LogP contribution in [-0.2, 0) is 6.42 Å². The van der Waals surface area contributed by atoms with E-state index in [1.807, 2.05) is 6.07 Å². The van der Waals surface area contributed by atoms with E-state index in [0.717, 1.165) is 12.0 Å². The average molecular weight is 368 g/mol. The number of benzene rings is 1. The zero-order valence-electron chi connectivity index (χ0n) is 15.3. The highest BCUT2D eigenvalue weighted by molar-refractivity contribution is 5.50. The maximum absolute atomic E-state index is 12.9. The molecule has 0 radical (unpaired) electrons. The van der Waals surface area contributed by atoms with Crippen LogP contribution in [0, 0.1) is 18.8 Å². The van der Waals surface area contributed by atoms with Gasteiger partial charge >= 0.3 is 6.36 Å². The van der Waals surface area contributed by atoms with E-state index in [9.17, 15) is 13.2 Å². The minimum atomic E-state index is -4.72. The third kappa shape index (κ3) is 5.68. The highest BCUT2D eigenvalue weighted by atomic mass is 19.4. The fraction of sp³-hybridized carbons (Fsp3) is 0.619. The lowest BCUT2D eigenvalue weighted by atomic mass is 10.0. The van der Waals surface area contributed by atoms with E-state index in [-0.39, 0.29) is 11.5 Å². The fourth-order valence-electron chi connectivity index (χ4n) is 3.56. The van der Waals surface area contributed by atoms with Crippen molar-refractivity contribution >= 4 is 0 Å². The van der Waals surface area contributed by atoms with Gasteiger partial charge in [-0.1, -0.05) is 43.9 Å². The van der Waals surface area contributed by atoms with Crippen molar-refractivity contribution in [1.82, 2.24) is 0 Å². The molecule has 0 atom stereocenters. The Kier molecular flexibility index (Phi) is 6.15. The van der Waals surface area contributed by atoms with E-state index in [1.54, 1.807) is 13.0 Å². The first kappa shape index (κ1) is 19.1. The van der Waals surface area contributed by atoms with E-state index in [4.69, 9.17) is 4.74 Å². The molecule has 2 saturated carbocycles. The highest BCUT2D eigenvalue weighted by Crippen LogP contribution is 2.38. The van der Waals surface area contributed by atoms with Gasteiger partial charge in [-0.25, -0.2) is 0 Å². The van der Waals surface area contributed by atoms with Gasteiger partial charge in [0, 0.05) is 0 Å². The van der Waals surface area contributed by atoms with Gasteiger partial charge in [0.15, 0.2) is 11.5 Å². The van der Waals surface area contributed by atoms with Gasteiger partial charge in [0.05, 0.1) is 6.61 Å². The zero-order chi connectivity index (χ0) is 18.6. The minimum Gasteiger partial charge on any atom is -0.490 e. The molecule has 26 heavy (non-hydrogen) atoms. The molecule has 3 rings (SSSR count). The van der Waals surface area contributed by atoms with Gasteiger partial charge in [0.25, 0.3) is 0 Å². The molecule has 0 spiro atoms. The van der Waals surface area contributed by atoms with Crippen molar-refractivity contribution in [3.63, 3.8) is 0 Å². The molecule has 0 bridgehead atoms. The summed E-state index contributed by atoms with van der Waals surface area (Å²) in [5, 5.41) is 0. The predicted molar refractivity (Wildman–Crippen MR) is 95.5 cm³/mol. The second kappa shape index (κ2) is 8.36. The number of hydrogen-bond donors (Lipinski definition) is 0. The second-order valence-corrected chi connectivity index (χ2v) is 7.48. The largest absolute Gasteiger partial charge is 0.573 e. The molecule has 0 unspecified atom stereocenters. The summed E-state index contributed by atoms with van der Waals surface area (Å²) in [4.78, 5) is 0. The number of hydrogen-bond acceptors (Lipinski definition) is 2. The Labute approximate surface area is 153 Å². The Morgan fingerprint density at radius 2 is 1.85 bits per heavy atom. The summed E-state index contributed by atoms with van der Waals surface area (Å²) < 4.78 is 48.5. The molecule has 0 heterocycles. The first-order valence-electron chi connectivity index (χ1n) is 9.60. The molecule has 0 aliphatic heterocycles. The predicted octanol–water partition coefficient (Wildman–Crippen LogP) is 6.36. The van der Waals surface area contributed by atoms with Crippen molar-refractivity contribution in [3.05, 3.63) is 35.4 Å². The quantitative estimate of drug-likeness (QED) is 0.497.